The van der Waals surface area contributed by atoms with Gasteiger partial charge in [-0.05, 0) is 43.4 Å². The summed E-state index contributed by atoms with van der Waals surface area (Å²) in [4.78, 5) is 52.7. The van der Waals surface area contributed by atoms with E-state index in [0.29, 0.717) is 25.8 Å². The lowest BCUT2D eigenvalue weighted by atomic mass is 10.0. The summed E-state index contributed by atoms with van der Waals surface area (Å²) in [6.45, 7) is 3.46. The minimum atomic E-state index is -1.20. The zero-order valence-electron chi connectivity index (χ0n) is 20.2. The number of nitrogens with one attached hydrogen (secondary N) is 4. The number of carboxylic acid groups (broad SMARTS) is 1. The molecule has 11 nitrogen and oxygen atoms in total. The number of aromatic amines is 1. The van der Waals surface area contributed by atoms with E-state index in [2.05, 4.69) is 20.9 Å². The molecule has 192 valence electrons. The number of fused-ring (bicyclic) bond motifs is 1. The zero-order valence-corrected chi connectivity index (χ0v) is 20.2. The standard InChI is InChI=1S/C24H36N6O5/c1-14(2)21(26)24(35)29-18(9-5-6-10-25)23(34)30-19(22(33)28-13-20(31)32)11-15-12-27-17-8-4-3-7-16(15)17/h3-4,7-8,12,14,18-19,21,27H,5-6,9-11,13,25-26H2,1-2H3,(H,28,33)(H,29,35)(H,30,34)(H,31,32). The number of para-hydroxylation sites is 1. The predicted octanol–water partition coefficient (Wildman–Crippen LogP) is -0.00690. The first-order valence-corrected chi connectivity index (χ1v) is 11.7. The molecular weight excluding hydrogens is 452 g/mol. The molecule has 2 rings (SSSR count). The Bertz CT molecular complexity index is 1020. The second kappa shape index (κ2) is 13.4. The summed E-state index contributed by atoms with van der Waals surface area (Å²) in [6.07, 6.45) is 3.43. The molecule has 0 fully saturated rings. The van der Waals surface area contributed by atoms with Crippen molar-refractivity contribution in [3.63, 3.8) is 0 Å². The Morgan fingerprint density at radius 3 is 2.34 bits per heavy atom. The first-order valence-electron chi connectivity index (χ1n) is 11.7. The van der Waals surface area contributed by atoms with Crippen LogP contribution in [-0.2, 0) is 25.6 Å². The number of aromatic nitrogens is 1. The van der Waals surface area contributed by atoms with Crippen molar-refractivity contribution in [1.82, 2.24) is 20.9 Å². The molecule has 35 heavy (non-hydrogen) atoms. The van der Waals surface area contributed by atoms with E-state index in [1.165, 1.54) is 0 Å². The second-order valence-electron chi connectivity index (χ2n) is 8.85. The number of H-pyrrole nitrogens is 1. The van der Waals surface area contributed by atoms with Crippen LogP contribution in [0.5, 0.6) is 0 Å². The summed E-state index contributed by atoms with van der Waals surface area (Å²) >= 11 is 0. The minimum Gasteiger partial charge on any atom is -0.480 e. The van der Waals surface area contributed by atoms with Gasteiger partial charge in [-0.25, -0.2) is 0 Å². The Kier molecular flexibility index (Phi) is 10.7. The SMILES string of the molecule is CC(C)C(N)C(=O)NC(CCCCN)C(=O)NC(Cc1c[nH]c2ccccc12)C(=O)NCC(=O)O. The maximum absolute atomic E-state index is 13.2. The lowest BCUT2D eigenvalue weighted by Crippen LogP contribution is -2.57. The number of rotatable bonds is 14. The molecule has 1 heterocycles. The molecule has 0 aliphatic heterocycles. The average Bonchev–Trinajstić information content (AvgIpc) is 3.23. The molecule has 0 aliphatic rings. The van der Waals surface area contributed by atoms with Crippen LogP contribution in [0.4, 0.5) is 0 Å². The molecule has 1 aromatic heterocycles. The summed E-state index contributed by atoms with van der Waals surface area (Å²) < 4.78 is 0. The lowest BCUT2D eigenvalue weighted by molar-refractivity contribution is -0.138. The molecule has 0 bridgehead atoms. The van der Waals surface area contributed by atoms with Crippen molar-refractivity contribution in [3.8, 4) is 0 Å². The molecule has 3 atom stereocenters. The van der Waals surface area contributed by atoms with Crippen molar-refractivity contribution >= 4 is 34.6 Å². The topological polar surface area (TPSA) is 192 Å². The van der Waals surface area contributed by atoms with E-state index in [1.807, 2.05) is 24.3 Å². The normalized spacial score (nSPS) is 13.7. The fraction of sp³-hybridized carbons (Fsp3) is 0.500. The van der Waals surface area contributed by atoms with Crippen molar-refractivity contribution in [2.75, 3.05) is 13.1 Å². The van der Waals surface area contributed by atoms with Crippen LogP contribution in [0.15, 0.2) is 30.5 Å². The fourth-order valence-corrected chi connectivity index (χ4v) is 3.62. The molecule has 3 unspecified atom stereocenters. The van der Waals surface area contributed by atoms with Crippen LogP contribution in [0.3, 0.4) is 0 Å². The molecule has 2 aromatic rings. The molecule has 1 aromatic carbocycles. The van der Waals surface area contributed by atoms with Gasteiger partial charge in [0.2, 0.25) is 17.7 Å². The number of nitrogens with two attached hydrogens (primary N) is 2. The van der Waals surface area contributed by atoms with Crippen LogP contribution in [0.25, 0.3) is 10.9 Å². The van der Waals surface area contributed by atoms with Gasteiger partial charge in [0.25, 0.3) is 0 Å². The highest BCUT2D eigenvalue weighted by Gasteiger charge is 2.29. The number of aliphatic carboxylic acids is 1. The Hall–Kier alpha value is -3.44. The molecule has 9 N–H and O–H groups in total. The molecule has 11 heteroatoms. The Morgan fingerprint density at radius 1 is 1.00 bits per heavy atom. The van der Waals surface area contributed by atoms with E-state index in [4.69, 9.17) is 16.6 Å². The van der Waals surface area contributed by atoms with Gasteiger partial charge in [0.15, 0.2) is 0 Å². The number of carbonyl (C=O) groups is 4. The van der Waals surface area contributed by atoms with Gasteiger partial charge in [0.1, 0.15) is 18.6 Å². The maximum Gasteiger partial charge on any atom is 0.322 e. The van der Waals surface area contributed by atoms with E-state index < -0.39 is 48.4 Å². The first-order chi connectivity index (χ1) is 16.6. The summed E-state index contributed by atoms with van der Waals surface area (Å²) in [5.74, 6) is -2.99. The zero-order chi connectivity index (χ0) is 26.0. The molecule has 0 saturated carbocycles. The number of unbranched alkanes of at least 4 members (excludes halogenated alkanes) is 1. The minimum absolute atomic E-state index is 0.121. The van der Waals surface area contributed by atoms with Gasteiger partial charge >= 0.3 is 5.97 Å². The van der Waals surface area contributed by atoms with E-state index in [-0.39, 0.29) is 12.3 Å². The largest absolute Gasteiger partial charge is 0.480 e. The summed E-state index contributed by atoms with van der Waals surface area (Å²) in [7, 11) is 0. The van der Waals surface area contributed by atoms with Gasteiger partial charge in [0, 0.05) is 23.5 Å². The number of carboxylic acids is 1. The van der Waals surface area contributed by atoms with Crippen molar-refractivity contribution in [1.29, 1.82) is 0 Å². The van der Waals surface area contributed by atoms with Gasteiger partial charge in [-0.15, -0.1) is 0 Å². The van der Waals surface area contributed by atoms with E-state index in [9.17, 15) is 19.2 Å². The summed E-state index contributed by atoms with van der Waals surface area (Å²) in [6, 6.07) is 4.73. The second-order valence-corrected chi connectivity index (χ2v) is 8.85. The summed E-state index contributed by atoms with van der Waals surface area (Å²) in [5.41, 5.74) is 13.2. The molecule has 0 spiro atoms. The lowest BCUT2D eigenvalue weighted by Gasteiger charge is -2.25. The maximum atomic E-state index is 13.2. The van der Waals surface area contributed by atoms with Gasteiger partial charge in [-0.3, -0.25) is 19.2 Å². The average molecular weight is 489 g/mol. The molecule has 0 aliphatic carbocycles. The number of hydrogen-bond acceptors (Lipinski definition) is 6. The van der Waals surface area contributed by atoms with Crippen molar-refractivity contribution in [3.05, 3.63) is 36.0 Å². The fourth-order valence-electron chi connectivity index (χ4n) is 3.62. The van der Waals surface area contributed by atoms with Gasteiger partial charge < -0.3 is 37.5 Å². The van der Waals surface area contributed by atoms with Gasteiger partial charge in [-0.2, -0.15) is 0 Å². The third kappa shape index (κ3) is 8.37. The number of carbonyl (C=O) groups excluding carboxylic acids is 3. The van der Waals surface area contributed by atoms with Crippen LogP contribution in [0.2, 0.25) is 0 Å². The Morgan fingerprint density at radius 2 is 1.69 bits per heavy atom. The van der Waals surface area contributed by atoms with E-state index >= 15 is 0 Å². The van der Waals surface area contributed by atoms with Crippen molar-refractivity contribution < 1.29 is 24.3 Å². The third-order valence-corrected chi connectivity index (χ3v) is 5.75. The van der Waals surface area contributed by atoms with E-state index in [1.54, 1.807) is 20.0 Å². The Labute approximate surface area is 204 Å². The van der Waals surface area contributed by atoms with Crippen LogP contribution in [0.1, 0.15) is 38.7 Å². The predicted molar refractivity (Wildman–Crippen MR) is 132 cm³/mol. The third-order valence-electron chi connectivity index (χ3n) is 5.75. The monoisotopic (exact) mass is 488 g/mol. The van der Waals surface area contributed by atoms with Crippen LogP contribution in [0, 0.1) is 5.92 Å². The van der Waals surface area contributed by atoms with Crippen LogP contribution in [-0.4, -0.2) is 65.0 Å². The highest BCUT2D eigenvalue weighted by molar-refractivity contribution is 5.94. The van der Waals surface area contributed by atoms with Gasteiger partial charge in [-0.1, -0.05) is 32.0 Å². The number of amides is 3. The molecule has 0 radical (unpaired) electrons. The summed E-state index contributed by atoms with van der Waals surface area (Å²) in [5, 5.41) is 17.6. The first kappa shape index (κ1) is 27.8. The van der Waals surface area contributed by atoms with Gasteiger partial charge in [0.05, 0.1) is 6.04 Å². The smallest absolute Gasteiger partial charge is 0.322 e. The van der Waals surface area contributed by atoms with Crippen LogP contribution >= 0.6 is 0 Å². The quantitative estimate of drug-likeness (QED) is 0.182. The van der Waals surface area contributed by atoms with Crippen molar-refractivity contribution in [2.45, 2.75) is 57.7 Å². The number of hydrogen-bond donors (Lipinski definition) is 7. The molecular formula is C24H36N6O5. The van der Waals surface area contributed by atoms with E-state index in [0.717, 1.165) is 16.5 Å². The van der Waals surface area contributed by atoms with Crippen LogP contribution < -0.4 is 27.4 Å². The molecule has 0 saturated heterocycles. The van der Waals surface area contributed by atoms with Crippen molar-refractivity contribution in [2.24, 2.45) is 17.4 Å². The molecule has 3 amide bonds. The Balaban J connectivity index is 2.23. The number of benzene rings is 1. The highest BCUT2D eigenvalue weighted by Crippen LogP contribution is 2.19. The highest BCUT2D eigenvalue weighted by atomic mass is 16.4.